The van der Waals surface area contributed by atoms with Crippen LogP contribution < -0.4 is 5.69 Å². The first-order valence-corrected chi connectivity index (χ1v) is 7.29. The molecule has 0 unspecified atom stereocenters. The zero-order chi connectivity index (χ0) is 12.1. The Labute approximate surface area is 109 Å². The first-order valence-electron chi connectivity index (χ1n) is 6.24. The van der Waals surface area contributed by atoms with Crippen molar-refractivity contribution in [2.24, 2.45) is 0 Å². The van der Waals surface area contributed by atoms with Crippen molar-refractivity contribution in [2.45, 2.75) is 24.4 Å². The highest BCUT2D eigenvalue weighted by atomic mass is 32.2. The summed E-state index contributed by atoms with van der Waals surface area (Å²) >= 11 is 1.92. The minimum atomic E-state index is 0.110. The van der Waals surface area contributed by atoms with E-state index in [4.69, 9.17) is 4.74 Å². The first-order chi connectivity index (χ1) is 8.83. The number of imidazole rings is 1. The van der Waals surface area contributed by atoms with Crippen molar-refractivity contribution >= 4 is 22.8 Å². The quantitative estimate of drug-likeness (QED) is 0.780. The van der Waals surface area contributed by atoms with Gasteiger partial charge in [0.05, 0.1) is 30.3 Å². The normalized spacial score (nSPS) is 25.6. The molecule has 2 aromatic rings. The molecule has 0 spiro atoms. The number of ether oxygens (including phenoxy) is 1. The molecule has 0 amide bonds. The number of aromatic nitrogens is 2. The lowest BCUT2D eigenvalue weighted by Gasteiger charge is -1.99. The van der Waals surface area contributed by atoms with Crippen LogP contribution in [0.3, 0.4) is 0 Å². The number of nitrogens with zero attached hydrogens (tertiary/aromatic N) is 2. The molecule has 5 heteroatoms. The molecule has 2 saturated heterocycles. The molecule has 1 aromatic heterocycles. The van der Waals surface area contributed by atoms with Gasteiger partial charge in [-0.15, -0.1) is 0 Å². The van der Waals surface area contributed by atoms with Crippen molar-refractivity contribution in [3.05, 3.63) is 34.7 Å². The lowest BCUT2D eigenvalue weighted by molar-refractivity contribution is 0.381. The summed E-state index contributed by atoms with van der Waals surface area (Å²) in [5.41, 5.74) is 2.19. The number of benzene rings is 1. The van der Waals surface area contributed by atoms with Crippen molar-refractivity contribution in [3.8, 4) is 0 Å². The van der Waals surface area contributed by atoms with E-state index < -0.39 is 0 Å². The van der Waals surface area contributed by atoms with Gasteiger partial charge in [0.1, 0.15) is 0 Å². The lowest BCUT2D eigenvalue weighted by atomic mass is 10.3. The molecular weight excluding hydrogens is 248 g/mol. The van der Waals surface area contributed by atoms with Crippen LogP contribution in [0.25, 0.3) is 11.0 Å². The smallest absolute Gasteiger partial charge is 0.329 e. The number of para-hydroxylation sites is 2. The predicted molar refractivity (Wildman–Crippen MR) is 72.2 cm³/mol. The van der Waals surface area contributed by atoms with Crippen LogP contribution in [0.1, 0.15) is 0 Å². The zero-order valence-corrected chi connectivity index (χ0v) is 10.7. The van der Waals surface area contributed by atoms with Crippen molar-refractivity contribution in [2.75, 3.05) is 12.4 Å². The van der Waals surface area contributed by atoms with Gasteiger partial charge in [0.15, 0.2) is 0 Å². The Morgan fingerprint density at radius 1 is 1.22 bits per heavy atom. The fraction of sp³-hybridized carbons (Fsp3) is 0.462. The molecule has 0 saturated carbocycles. The third kappa shape index (κ3) is 1.78. The Kier molecular flexibility index (Phi) is 2.32. The van der Waals surface area contributed by atoms with Gasteiger partial charge < -0.3 is 4.74 Å². The minimum absolute atomic E-state index is 0.110. The molecule has 94 valence electrons. The molecule has 2 atom stereocenters. The van der Waals surface area contributed by atoms with Gasteiger partial charge in [0.25, 0.3) is 0 Å². The van der Waals surface area contributed by atoms with Crippen molar-refractivity contribution < 1.29 is 4.74 Å². The molecule has 0 N–H and O–H groups in total. The summed E-state index contributed by atoms with van der Waals surface area (Å²) in [6.45, 7) is 2.30. The molecule has 4 rings (SSSR count). The molecule has 0 aliphatic carbocycles. The number of hydrogen-bond donors (Lipinski definition) is 0. The van der Waals surface area contributed by atoms with Crippen LogP contribution in [0.15, 0.2) is 29.1 Å². The van der Waals surface area contributed by atoms with Crippen LogP contribution in [-0.2, 0) is 17.8 Å². The first kappa shape index (κ1) is 10.7. The molecule has 2 aliphatic heterocycles. The summed E-state index contributed by atoms with van der Waals surface area (Å²) in [5.74, 6) is 1.18. The van der Waals surface area contributed by atoms with Gasteiger partial charge in [-0.3, -0.25) is 9.13 Å². The van der Waals surface area contributed by atoms with Crippen molar-refractivity contribution in [1.29, 1.82) is 0 Å². The third-order valence-corrected chi connectivity index (χ3v) is 4.46. The standard InChI is InChI=1S/C13H14N2O2S/c16-13-14(5-9-7-17-9)11-3-1-2-4-12(11)15(13)6-10-8-18-10/h1-4,9-10H,5-8H2/t9-,10-/m1/s1. The molecular formula is C13H14N2O2S. The maximum absolute atomic E-state index is 12.5. The number of rotatable bonds is 4. The largest absolute Gasteiger partial charge is 0.371 e. The summed E-state index contributed by atoms with van der Waals surface area (Å²) in [6, 6.07) is 8.04. The van der Waals surface area contributed by atoms with Crippen LogP contribution in [0.5, 0.6) is 0 Å². The van der Waals surface area contributed by atoms with Gasteiger partial charge in [-0.05, 0) is 12.1 Å². The second kappa shape index (κ2) is 3.90. The predicted octanol–water partition coefficient (Wildman–Crippen LogP) is 1.32. The Morgan fingerprint density at radius 3 is 2.39 bits per heavy atom. The number of fused-ring (bicyclic) bond motifs is 1. The van der Waals surface area contributed by atoms with E-state index in [1.54, 1.807) is 0 Å². The lowest BCUT2D eigenvalue weighted by Crippen LogP contribution is -2.27. The van der Waals surface area contributed by atoms with Crippen LogP contribution in [-0.4, -0.2) is 32.8 Å². The Balaban J connectivity index is 1.86. The van der Waals surface area contributed by atoms with Gasteiger partial charge in [-0.25, -0.2) is 4.79 Å². The van der Waals surface area contributed by atoms with Gasteiger partial charge in [-0.1, -0.05) is 12.1 Å². The fourth-order valence-corrected chi connectivity index (χ4v) is 2.88. The number of hydrogen-bond acceptors (Lipinski definition) is 3. The highest BCUT2D eigenvalue weighted by Crippen LogP contribution is 2.32. The molecule has 18 heavy (non-hydrogen) atoms. The molecule has 2 fully saturated rings. The van der Waals surface area contributed by atoms with E-state index in [-0.39, 0.29) is 11.8 Å². The van der Waals surface area contributed by atoms with Crippen LogP contribution in [0.4, 0.5) is 0 Å². The van der Waals surface area contributed by atoms with E-state index in [0.29, 0.717) is 11.8 Å². The fourth-order valence-electron chi connectivity index (χ4n) is 2.38. The van der Waals surface area contributed by atoms with E-state index in [0.717, 1.165) is 24.2 Å². The Morgan fingerprint density at radius 2 is 1.83 bits per heavy atom. The minimum Gasteiger partial charge on any atom is -0.371 e. The molecule has 1 aromatic carbocycles. The van der Waals surface area contributed by atoms with Crippen LogP contribution in [0.2, 0.25) is 0 Å². The highest BCUT2D eigenvalue weighted by Gasteiger charge is 2.28. The van der Waals surface area contributed by atoms with Crippen LogP contribution >= 0.6 is 11.8 Å². The maximum Gasteiger partial charge on any atom is 0.329 e. The summed E-state index contributed by atoms with van der Waals surface area (Å²) in [7, 11) is 0. The number of epoxide rings is 1. The Bertz CT molecular complexity index is 599. The van der Waals surface area contributed by atoms with Crippen molar-refractivity contribution in [1.82, 2.24) is 9.13 Å². The molecule has 3 heterocycles. The van der Waals surface area contributed by atoms with Gasteiger partial charge >= 0.3 is 5.69 Å². The third-order valence-electron chi connectivity index (χ3n) is 3.50. The topological polar surface area (TPSA) is 39.5 Å². The zero-order valence-electron chi connectivity index (χ0n) is 9.91. The van der Waals surface area contributed by atoms with E-state index in [9.17, 15) is 4.79 Å². The second-order valence-electron chi connectivity index (χ2n) is 4.90. The maximum atomic E-state index is 12.5. The summed E-state index contributed by atoms with van der Waals surface area (Å²) in [5, 5.41) is 0.624. The molecule has 4 nitrogen and oxygen atoms in total. The van der Waals surface area contributed by atoms with E-state index in [1.165, 1.54) is 5.75 Å². The molecule has 2 aliphatic rings. The second-order valence-corrected chi connectivity index (χ2v) is 6.24. The summed E-state index contributed by atoms with van der Waals surface area (Å²) < 4.78 is 9.03. The molecule has 0 bridgehead atoms. The van der Waals surface area contributed by atoms with E-state index in [1.807, 2.05) is 45.2 Å². The average Bonchev–Trinajstić information content (AvgIpc) is 3.26. The van der Waals surface area contributed by atoms with E-state index in [2.05, 4.69) is 0 Å². The van der Waals surface area contributed by atoms with Crippen LogP contribution in [0, 0.1) is 0 Å². The summed E-state index contributed by atoms with van der Waals surface area (Å²) in [6.07, 6.45) is 0.234. The Hall–Kier alpha value is -1.20. The van der Waals surface area contributed by atoms with E-state index >= 15 is 0 Å². The van der Waals surface area contributed by atoms with Gasteiger partial charge in [-0.2, -0.15) is 11.8 Å². The highest BCUT2D eigenvalue weighted by molar-refractivity contribution is 8.06. The van der Waals surface area contributed by atoms with Crippen molar-refractivity contribution in [3.63, 3.8) is 0 Å². The summed E-state index contributed by atoms with van der Waals surface area (Å²) in [4.78, 5) is 12.5. The monoisotopic (exact) mass is 262 g/mol. The number of thioether (sulfide) groups is 1. The SMILES string of the molecule is O=c1n(C[C@@H]2CO2)c2ccccc2n1C[C@@H]1CS1. The average molecular weight is 262 g/mol. The van der Waals surface area contributed by atoms with Gasteiger partial charge in [0, 0.05) is 17.5 Å². The molecule has 0 radical (unpaired) electrons. The van der Waals surface area contributed by atoms with Gasteiger partial charge in [0.2, 0.25) is 0 Å².